The smallest absolute Gasteiger partial charge is 0.308 e. The molecule has 1 rings (SSSR count). The summed E-state index contributed by atoms with van der Waals surface area (Å²) in [6.45, 7) is 0.788. The van der Waals surface area contributed by atoms with E-state index in [2.05, 4.69) is 5.32 Å². The Kier molecular flexibility index (Phi) is 8.96. The van der Waals surface area contributed by atoms with E-state index in [-0.39, 0.29) is 17.7 Å². The lowest BCUT2D eigenvalue weighted by atomic mass is 10.1. The molecule has 1 atom stereocenters. The zero-order valence-electron chi connectivity index (χ0n) is 14.5. The van der Waals surface area contributed by atoms with Crippen LogP contribution in [0.5, 0.6) is 5.75 Å². The minimum Gasteiger partial charge on any atom is -0.426 e. The summed E-state index contributed by atoms with van der Waals surface area (Å²) in [6.07, 6.45) is 1.44. The van der Waals surface area contributed by atoms with E-state index in [4.69, 9.17) is 15.6 Å². The molecule has 0 aromatic heterocycles. The number of unbranched alkanes of at least 4 members (excludes halogenated alkanes) is 1. The zero-order chi connectivity index (χ0) is 19.5. The second kappa shape index (κ2) is 11.0. The van der Waals surface area contributed by atoms with Crippen molar-refractivity contribution in [2.24, 2.45) is 5.73 Å². The monoisotopic (exact) mass is 365 g/mol. The number of imide groups is 1. The Morgan fingerprint density at radius 1 is 1.19 bits per heavy atom. The van der Waals surface area contributed by atoms with Crippen LogP contribution in [0.25, 0.3) is 0 Å². The lowest BCUT2D eigenvalue weighted by molar-refractivity contribution is -0.134. The van der Waals surface area contributed by atoms with Crippen molar-refractivity contribution < 1.29 is 29.0 Å². The summed E-state index contributed by atoms with van der Waals surface area (Å²) in [4.78, 5) is 47.0. The van der Waals surface area contributed by atoms with Crippen LogP contribution >= 0.6 is 0 Å². The predicted molar refractivity (Wildman–Crippen MR) is 92.1 cm³/mol. The van der Waals surface area contributed by atoms with E-state index in [9.17, 15) is 19.2 Å². The fourth-order valence-electron chi connectivity index (χ4n) is 2.16. The number of hydrogen-bond acceptors (Lipinski definition) is 7. The number of amides is 3. The van der Waals surface area contributed by atoms with Gasteiger partial charge in [0.1, 0.15) is 18.4 Å². The molecule has 26 heavy (non-hydrogen) atoms. The van der Waals surface area contributed by atoms with Gasteiger partial charge in [0, 0.05) is 6.92 Å². The molecule has 0 saturated heterocycles. The second-order valence-corrected chi connectivity index (χ2v) is 5.47. The number of esters is 1. The van der Waals surface area contributed by atoms with Gasteiger partial charge in [-0.1, -0.05) is 12.1 Å². The molecule has 0 aliphatic rings. The first kappa shape index (κ1) is 21.3. The fraction of sp³-hybridized carbons (Fsp3) is 0.412. The second-order valence-electron chi connectivity index (χ2n) is 5.47. The molecule has 9 nitrogen and oxygen atoms in total. The van der Waals surface area contributed by atoms with Gasteiger partial charge in [0.2, 0.25) is 5.91 Å². The minimum atomic E-state index is -1.00. The van der Waals surface area contributed by atoms with Crippen LogP contribution in [-0.4, -0.2) is 48.0 Å². The van der Waals surface area contributed by atoms with E-state index in [1.807, 2.05) is 5.32 Å². The lowest BCUT2D eigenvalue weighted by Crippen LogP contribution is -2.49. The highest BCUT2D eigenvalue weighted by atomic mass is 16.5. The minimum absolute atomic E-state index is 0.0602. The van der Waals surface area contributed by atoms with Crippen molar-refractivity contribution in [1.29, 1.82) is 0 Å². The summed E-state index contributed by atoms with van der Waals surface area (Å²) < 4.78 is 4.99. The van der Waals surface area contributed by atoms with E-state index in [1.165, 1.54) is 19.1 Å². The molecule has 0 aliphatic heterocycles. The third-order valence-corrected chi connectivity index (χ3v) is 3.36. The highest BCUT2D eigenvalue weighted by molar-refractivity contribution is 6.03. The maximum absolute atomic E-state index is 12.5. The number of para-hydroxylation sites is 1. The van der Waals surface area contributed by atoms with Crippen LogP contribution in [-0.2, 0) is 14.4 Å². The highest BCUT2D eigenvalue weighted by Crippen LogP contribution is 2.18. The van der Waals surface area contributed by atoms with Gasteiger partial charge in [-0.3, -0.25) is 24.5 Å². The number of ether oxygens (including phenoxy) is 1. The standard InChI is InChI=1S/C17H23N3O6/c1-11(22)26-14-8-3-2-6-12(14)16(24)19-13(7-4-5-9-18)17(25)20-15(23)10-21/h2-3,6,8,13,21H,4-5,7,9-10,18H2,1H3,(H,19,24)(H,20,23,25). The molecule has 1 aromatic rings. The van der Waals surface area contributed by atoms with Crippen molar-refractivity contribution in [3.63, 3.8) is 0 Å². The SMILES string of the molecule is CC(=O)Oc1ccccc1C(=O)NC(CCCCN)C(=O)NC(=O)CO. The number of aliphatic hydroxyl groups is 1. The van der Waals surface area contributed by atoms with Crippen LogP contribution in [0.4, 0.5) is 0 Å². The van der Waals surface area contributed by atoms with E-state index in [0.29, 0.717) is 19.4 Å². The Morgan fingerprint density at radius 3 is 2.50 bits per heavy atom. The maximum atomic E-state index is 12.5. The molecule has 1 unspecified atom stereocenters. The molecule has 9 heteroatoms. The summed E-state index contributed by atoms with van der Waals surface area (Å²) in [5, 5.41) is 13.3. The number of carbonyl (C=O) groups excluding carboxylic acids is 4. The van der Waals surface area contributed by atoms with Crippen LogP contribution in [0.1, 0.15) is 36.5 Å². The average molecular weight is 365 g/mol. The highest BCUT2D eigenvalue weighted by Gasteiger charge is 2.24. The van der Waals surface area contributed by atoms with Gasteiger partial charge in [0.25, 0.3) is 11.8 Å². The summed E-state index contributed by atoms with van der Waals surface area (Å²) in [5.41, 5.74) is 5.50. The predicted octanol–water partition coefficient (Wildman–Crippen LogP) is -0.526. The molecule has 0 spiro atoms. The lowest BCUT2D eigenvalue weighted by Gasteiger charge is -2.18. The molecule has 1 aromatic carbocycles. The van der Waals surface area contributed by atoms with Gasteiger partial charge >= 0.3 is 5.97 Å². The van der Waals surface area contributed by atoms with Crippen molar-refractivity contribution >= 4 is 23.7 Å². The van der Waals surface area contributed by atoms with Gasteiger partial charge in [-0.25, -0.2) is 0 Å². The number of nitrogens with two attached hydrogens (primary N) is 1. The number of benzene rings is 1. The number of carbonyl (C=O) groups is 4. The molecule has 0 heterocycles. The van der Waals surface area contributed by atoms with Gasteiger partial charge in [0.15, 0.2) is 0 Å². The molecular formula is C17H23N3O6. The Morgan fingerprint density at radius 2 is 1.88 bits per heavy atom. The van der Waals surface area contributed by atoms with Gasteiger partial charge < -0.3 is 20.9 Å². The summed E-state index contributed by atoms with van der Waals surface area (Å²) in [7, 11) is 0. The van der Waals surface area contributed by atoms with Gasteiger partial charge in [-0.15, -0.1) is 0 Å². The van der Waals surface area contributed by atoms with E-state index >= 15 is 0 Å². The van der Waals surface area contributed by atoms with Crippen LogP contribution in [0.2, 0.25) is 0 Å². The molecule has 0 saturated carbocycles. The normalized spacial score (nSPS) is 11.3. The van der Waals surface area contributed by atoms with Crippen molar-refractivity contribution in [2.45, 2.75) is 32.2 Å². The molecule has 142 valence electrons. The van der Waals surface area contributed by atoms with Crippen LogP contribution in [0.15, 0.2) is 24.3 Å². The van der Waals surface area contributed by atoms with Gasteiger partial charge in [-0.05, 0) is 37.9 Å². The Labute approximate surface area is 150 Å². The number of rotatable bonds is 9. The Bertz CT molecular complexity index is 662. The van der Waals surface area contributed by atoms with E-state index in [0.717, 1.165) is 0 Å². The van der Waals surface area contributed by atoms with Gasteiger partial charge in [-0.2, -0.15) is 0 Å². The van der Waals surface area contributed by atoms with Crippen molar-refractivity contribution in [1.82, 2.24) is 10.6 Å². The number of hydrogen-bond donors (Lipinski definition) is 4. The first-order chi connectivity index (χ1) is 12.4. The molecule has 0 radical (unpaired) electrons. The van der Waals surface area contributed by atoms with Crippen LogP contribution in [0, 0.1) is 0 Å². The first-order valence-electron chi connectivity index (χ1n) is 8.12. The van der Waals surface area contributed by atoms with Crippen LogP contribution in [0.3, 0.4) is 0 Å². The van der Waals surface area contributed by atoms with Crippen molar-refractivity contribution in [3.8, 4) is 5.75 Å². The first-order valence-corrected chi connectivity index (χ1v) is 8.12. The van der Waals surface area contributed by atoms with E-state index < -0.39 is 36.3 Å². The molecule has 0 bridgehead atoms. The molecule has 5 N–H and O–H groups in total. The zero-order valence-corrected chi connectivity index (χ0v) is 14.5. The van der Waals surface area contributed by atoms with Crippen molar-refractivity contribution in [2.75, 3.05) is 13.2 Å². The topological polar surface area (TPSA) is 148 Å². The largest absolute Gasteiger partial charge is 0.426 e. The fourth-order valence-corrected chi connectivity index (χ4v) is 2.16. The Hall–Kier alpha value is -2.78. The quantitative estimate of drug-likeness (QED) is 0.261. The number of aliphatic hydroxyl groups excluding tert-OH is 1. The summed E-state index contributed by atoms with van der Waals surface area (Å²) >= 11 is 0. The molecule has 3 amide bonds. The van der Waals surface area contributed by atoms with Crippen molar-refractivity contribution in [3.05, 3.63) is 29.8 Å². The van der Waals surface area contributed by atoms with Crippen LogP contribution < -0.4 is 21.1 Å². The third kappa shape index (κ3) is 6.99. The van der Waals surface area contributed by atoms with Gasteiger partial charge in [0.05, 0.1) is 5.56 Å². The summed E-state index contributed by atoms with van der Waals surface area (Å²) in [5.74, 6) is -2.76. The third-order valence-electron chi connectivity index (χ3n) is 3.36. The molecular weight excluding hydrogens is 342 g/mol. The summed E-state index contributed by atoms with van der Waals surface area (Å²) in [6, 6.07) is 5.08. The maximum Gasteiger partial charge on any atom is 0.308 e. The van der Waals surface area contributed by atoms with E-state index in [1.54, 1.807) is 12.1 Å². The number of nitrogens with one attached hydrogen (secondary N) is 2. The average Bonchev–Trinajstić information content (AvgIpc) is 2.60. The molecule has 0 aliphatic carbocycles. The Balaban J connectivity index is 2.92. The molecule has 0 fully saturated rings.